The standard InChI is InChI=1S/C24H30N6O/c1-3-4-5-19-6-8-21(9-7-19)28-24(31)20-10-13-29(14-11-20)22-16-23(27-17-26-22)30-15-12-25-18(30)2/h6-9,12,15-17,20H,3-5,10-11,13-14H2,1-2H3,(H,28,31). The van der Waals surface area contributed by atoms with Crippen molar-refractivity contribution in [3.8, 4) is 5.82 Å². The number of aromatic nitrogens is 4. The number of unbranched alkanes of at least 4 members (excludes halogenated alkanes) is 1. The third kappa shape index (κ3) is 5.10. The van der Waals surface area contributed by atoms with Crippen LogP contribution in [0.5, 0.6) is 0 Å². The van der Waals surface area contributed by atoms with Gasteiger partial charge in [-0.05, 0) is 50.3 Å². The maximum Gasteiger partial charge on any atom is 0.227 e. The number of piperidine rings is 1. The molecule has 0 radical (unpaired) electrons. The molecule has 7 heteroatoms. The van der Waals surface area contributed by atoms with Crippen LogP contribution in [0, 0.1) is 12.8 Å². The normalized spacial score (nSPS) is 14.6. The van der Waals surface area contributed by atoms with Gasteiger partial charge < -0.3 is 10.2 Å². The third-order valence-corrected chi connectivity index (χ3v) is 5.94. The molecule has 1 N–H and O–H groups in total. The number of hydrogen-bond acceptors (Lipinski definition) is 5. The summed E-state index contributed by atoms with van der Waals surface area (Å²) in [4.78, 5) is 28.1. The summed E-state index contributed by atoms with van der Waals surface area (Å²) in [7, 11) is 0. The minimum absolute atomic E-state index is 0.0215. The molecule has 1 saturated heterocycles. The van der Waals surface area contributed by atoms with E-state index in [2.05, 4.69) is 44.2 Å². The Kier molecular flexibility index (Phi) is 6.60. The van der Waals surface area contributed by atoms with Crippen molar-refractivity contribution in [2.45, 2.75) is 46.0 Å². The number of benzene rings is 1. The van der Waals surface area contributed by atoms with Gasteiger partial charge in [0.2, 0.25) is 5.91 Å². The Morgan fingerprint density at radius 1 is 1.10 bits per heavy atom. The SMILES string of the molecule is CCCCc1ccc(NC(=O)C2CCN(c3cc(-n4ccnc4C)ncn3)CC2)cc1. The maximum absolute atomic E-state index is 12.7. The molecule has 162 valence electrons. The van der Waals surface area contributed by atoms with E-state index >= 15 is 0 Å². The highest BCUT2D eigenvalue weighted by atomic mass is 16.1. The minimum Gasteiger partial charge on any atom is -0.356 e. The number of carbonyl (C=O) groups excluding carboxylic acids is 1. The summed E-state index contributed by atoms with van der Waals surface area (Å²) in [5.74, 6) is 2.71. The molecule has 0 spiro atoms. The predicted octanol–water partition coefficient (Wildman–Crippen LogP) is 4.17. The molecule has 0 aliphatic carbocycles. The van der Waals surface area contributed by atoms with Gasteiger partial charge in [-0.1, -0.05) is 25.5 Å². The van der Waals surface area contributed by atoms with Gasteiger partial charge in [-0.3, -0.25) is 9.36 Å². The van der Waals surface area contributed by atoms with E-state index in [1.54, 1.807) is 12.5 Å². The topological polar surface area (TPSA) is 75.9 Å². The highest BCUT2D eigenvalue weighted by molar-refractivity contribution is 5.92. The van der Waals surface area contributed by atoms with E-state index in [4.69, 9.17) is 0 Å². The van der Waals surface area contributed by atoms with Crippen LogP contribution in [0.15, 0.2) is 49.1 Å². The van der Waals surface area contributed by atoms with Gasteiger partial charge in [0.25, 0.3) is 0 Å². The summed E-state index contributed by atoms with van der Waals surface area (Å²) in [5, 5.41) is 3.09. The average molecular weight is 419 g/mol. The second kappa shape index (κ2) is 9.73. The summed E-state index contributed by atoms with van der Waals surface area (Å²) in [6.45, 7) is 5.75. The number of aryl methyl sites for hydroxylation is 2. The Labute approximate surface area is 183 Å². The Bertz CT molecular complexity index is 1000. The van der Waals surface area contributed by atoms with Crippen LogP contribution in [-0.4, -0.2) is 38.5 Å². The molecule has 3 heterocycles. The molecule has 1 aromatic carbocycles. The van der Waals surface area contributed by atoms with Crippen molar-refractivity contribution >= 4 is 17.4 Å². The lowest BCUT2D eigenvalue weighted by Crippen LogP contribution is -2.38. The summed E-state index contributed by atoms with van der Waals surface area (Å²) >= 11 is 0. The number of carbonyl (C=O) groups is 1. The first-order valence-corrected chi connectivity index (χ1v) is 11.1. The zero-order chi connectivity index (χ0) is 21.6. The molecule has 1 aliphatic rings. The first kappa shape index (κ1) is 21.0. The fraction of sp³-hybridized carbons (Fsp3) is 0.417. The van der Waals surface area contributed by atoms with Crippen LogP contribution in [0.1, 0.15) is 44.0 Å². The predicted molar refractivity (Wildman–Crippen MR) is 123 cm³/mol. The van der Waals surface area contributed by atoms with Crippen LogP contribution >= 0.6 is 0 Å². The molecular weight excluding hydrogens is 388 g/mol. The zero-order valence-electron chi connectivity index (χ0n) is 18.3. The highest BCUT2D eigenvalue weighted by Crippen LogP contribution is 2.24. The van der Waals surface area contributed by atoms with E-state index in [0.29, 0.717) is 0 Å². The Balaban J connectivity index is 1.32. The quantitative estimate of drug-likeness (QED) is 0.623. The molecule has 0 atom stereocenters. The third-order valence-electron chi connectivity index (χ3n) is 5.94. The van der Waals surface area contributed by atoms with Gasteiger partial charge in [-0.15, -0.1) is 0 Å². The molecule has 0 unspecified atom stereocenters. The first-order valence-electron chi connectivity index (χ1n) is 11.1. The van der Waals surface area contributed by atoms with Crippen molar-refractivity contribution in [2.75, 3.05) is 23.3 Å². The number of nitrogens with one attached hydrogen (secondary N) is 1. The molecule has 4 rings (SSSR count). The molecule has 0 bridgehead atoms. The molecular formula is C24H30N6O. The van der Waals surface area contributed by atoms with Gasteiger partial charge in [0.05, 0.1) is 0 Å². The van der Waals surface area contributed by atoms with Crippen molar-refractivity contribution in [1.82, 2.24) is 19.5 Å². The fourth-order valence-corrected chi connectivity index (χ4v) is 4.01. The number of hydrogen-bond donors (Lipinski definition) is 1. The molecule has 2 aromatic heterocycles. The average Bonchev–Trinajstić information content (AvgIpc) is 3.24. The van der Waals surface area contributed by atoms with Crippen molar-refractivity contribution in [1.29, 1.82) is 0 Å². The van der Waals surface area contributed by atoms with E-state index in [9.17, 15) is 4.79 Å². The summed E-state index contributed by atoms with van der Waals surface area (Å²) in [5.41, 5.74) is 2.20. The largest absolute Gasteiger partial charge is 0.356 e. The molecule has 31 heavy (non-hydrogen) atoms. The van der Waals surface area contributed by atoms with E-state index in [1.165, 1.54) is 18.4 Å². The Morgan fingerprint density at radius 2 is 1.84 bits per heavy atom. The van der Waals surface area contributed by atoms with Gasteiger partial charge in [0, 0.05) is 43.2 Å². The lowest BCUT2D eigenvalue weighted by molar-refractivity contribution is -0.120. The monoisotopic (exact) mass is 418 g/mol. The number of nitrogens with zero attached hydrogens (tertiary/aromatic N) is 5. The zero-order valence-corrected chi connectivity index (χ0v) is 18.3. The fourth-order valence-electron chi connectivity index (χ4n) is 4.01. The summed E-state index contributed by atoms with van der Waals surface area (Å²) < 4.78 is 1.94. The van der Waals surface area contributed by atoms with Gasteiger partial charge in [0.15, 0.2) is 0 Å². The van der Waals surface area contributed by atoms with Crippen molar-refractivity contribution in [3.63, 3.8) is 0 Å². The smallest absolute Gasteiger partial charge is 0.227 e. The van der Waals surface area contributed by atoms with E-state index in [0.717, 1.165) is 55.5 Å². The van der Waals surface area contributed by atoms with Gasteiger partial charge in [-0.2, -0.15) is 0 Å². The van der Waals surface area contributed by atoms with Crippen LogP contribution in [0.3, 0.4) is 0 Å². The molecule has 1 aliphatic heterocycles. The van der Waals surface area contributed by atoms with E-state index < -0.39 is 0 Å². The minimum atomic E-state index is 0.0215. The molecule has 1 fully saturated rings. The van der Waals surface area contributed by atoms with Crippen molar-refractivity contribution in [2.24, 2.45) is 5.92 Å². The molecule has 0 saturated carbocycles. The Morgan fingerprint density at radius 3 is 2.52 bits per heavy atom. The number of rotatable bonds is 7. The lowest BCUT2D eigenvalue weighted by atomic mass is 9.95. The van der Waals surface area contributed by atoms with Crippen LogP contribution < -0.4 is 10.2 Å². The second-order valence-electron chi connectivity index (χ2n) is 8.13. The van der Waals surface area contributed by atoms with Crippen molar-refractivity contribution < 1.29 is 4.79 Å². The molecule has 3 aromatic rings. The van der Waals surface area contributed by atoms with Crippen LogP contribution in [0.25, 0.3) is 5.82 Å². The van der Waals surface area contributed by atoms with E-state index in [1.807, 2.05) is 35.9 Å². The maximum atomic E-state index is 12.7. The second-order valence-corrected chi connectivity index (χ2v) is 8.13. The van der Waals surface area contributed by atoms with E-state index in [-0.39, 0.29) is 11.8 Å². The van der Waals surface area contributed by atoms with Crippen molar-refractivity contribution in [3.05, 3.63) is 60.4 Å². The number of amides is 1. The number of imidazole rings is 1. The van der Waals surface area contributed by atoms with Crippen LogP contribution in [-0.2, 0) is 11.2 Å². The molecule has 7 nitrogen and oxygen atoms in total. The van der Waals surface area contributed by atoms with Gasteiger partial charge in [-0.25, -0.2) is 15.0 Å². The van der Waals surface area contributed by atoms with Crippen LogP contribution in [0.4, 0.5) is 11.5 Å². The lowest BCUT2D eigenvalue weighted by Gasteiger charge is -2.32. The highest BCUT2D eigenvalue weighted by Gasteiger charge is 2.26. The van der Waals surface area contributed by atoms with Crippen LogP contribution in [0.2, 0.25) is 0 Å². The van der Waals surface area contributed by atoms with Gasteiger partial charge in [0.1, 0.15) is 23.8 Å². The Hall–Kier alpha value is -3.22. The molecule has 1 amide bonds. The summed E-state index contributed by atoms with van der Waals surface area (Å²) in [6, 6.07) is 10.2. The summed E-state index contributed by atoms with van der Waals surface area (Å²) in [6.07, 6.45) is 10.3. The first-order chi connectivity index (χ1) is 15.1. The van der Waals surface area contributed by atoms with Gasteiger partial charge >= 0.3 is 0 Å². The number of anilines is 2.